The number of carbonyl (C=O) groups excluding carboxylic acids is 1. The van der Waals surface area contributed by atoms with E-state index in [4.69, 9.17) is 0 Å². The molecule has 108 valence electrons. The van der Waals surface area contributed by atoms with Gasteiger partial charge in [0.2, 0.25) is 5.91 Å². The Bertz CT molecular complexity index is 588. The molecule has 4 heteroatoms. The summed E-state index contributed by atoms with van der Waals surface area (Å²) >= 11 is 0. The van der Waals surface area contributed by atoms with Gasteiger partial charge in [-0.05, 0) is 42.6 Å². The van der Waals surface area contributed by atoms with Crippen LogP contribution in [0.15, 0.2) is 30.5 Å². The molecule has 1 aromatic heterocycles. The molecule has 0 atom stereocenters. The van der Waals surface area contributed by atoms with E-state index in [0.29, 0.717) is 6.54 Å². The second-order valence-corrected chi connectivity index (χ2v) is 5.03. The fraction of sp³-hybridized carbons (Fsp3) is 0.438. The number of benzene rings is 1. The number of rotatable bonds is 6. The predicted molar refractivity (Wildman–Crippen MR) is 82.6 cm³/mol. The normalized spacial score (nSPS) is 10.9. The summed E-state index contributed by atoms with van der Waals surface area (Å²) in [5, 5.41) is 4.51. The maximum Gasteiger partial charge on any atom is 0.242 e. The topological polar surface area (TPSA) is 37.3 Å². The third kappa shape index (κ3) is 3.20. The van der Waals surface area contributed by atoms with Crippen LogP contribution < -0.4 is 5.32 Å². The minimum absolute atomic E-state index is 0.140. The van der Waals surface area contributed by atoms with E-state index >= 15 is 0 Å². The molecule has 1 N–H and O–H groups in total. The van der Waals surface area contributed by atoms with E-state index in [-0.39, 0.29) is 5.91 Å². The van der Waals surface area contributed by atoms with Gasteiger partial charge >= 0.3 is 0 Å². The molecule has 0 saturated heterocycles. The summed E-state index contributed by atoms with van der Waals surface area (Å²) in [7, 11) is 1.84. The zero-order valence-electron chi connectivity index (χ0n) is 12.5. The van der Waals surface area contributed by atoms with Gasteiger partial charge in [-0.3, -0.25) is 4.79 Å². The lowest BCUT2D eigenvalue weighted by atomic mass is 10.1. The van der Waals surface area contributed by atoms with Crippen LogP contribution >= 0.6 is 0 Å². The zero-order valence-corrected chi connectivity index (χ0v) is 12.5. The van der Waals surface area contributed by atoms with Crippen molar-refractivity contribution in [1.82, 2.24) is 14.8 Å². The van der Waals surface area contributed by atoms with Crippen molar-refractivity contribution < 1.29 is 4.79 Å². The van der Waals surface area contributed by atoms with E-state index in [9.17, 15) is 4.79 Å². The van der Waals surface area contributed by atoms with Crippen LogP contribution in [0.2, 0.25) is 0 Å². The Morgan fingerprint density at radius 1 is 1.30 bits per heavy atom. The van der Waals surface area contributed by atoms with E-state index in [1.807, 2.05) is 24.7 Å². The Morgan fingerprint density at radius 3 is 2.80 bits per heavy atom. The van der Waals surface area contributed by atoms with E-state index < -0.39 is 0 Å². The molecule has 0 unspecified atom stereocenters. The number of hydrogen-bond acceptors (Lipinski definition) is 2. The van der Waals surface area contributed by atoms with Gasteiger partial charge in [0, 0.05) is 31.9 Å². The van der Waals surface area contributed by atoms with Crippen LogP contribution in [0.25, 0.3) is 10.9 Å². The first-order chi connectivity index (χ1) is 9.65. The molecule has 20 heavy (non-hydrogen) atoms. The van der Waals surface area contributed by atoms with Gasteiger partial charge in [0.15, 0.2) is 0 Å². The molecule has 0 aliphatic rings. The standard InChI is InChI=1S/C16H23N3O/c1-4-17-11-13-6-7-15-14(10-13)8-9-19(15)12-16(20)18(3)5-2/h6-10,17H,4-5,11-12H2,1-3H3. The molecule has 2 aromatic rings. The number of carbonyl (C=O) groups is 1. The van der Waals surface area contributed by atoms with Gasteiger partial charge in [-0.25, -0.2) is 0 Å². The van der Waals surface area contributed by atoms with Crippen molar-refractivity contribution >= 4 is 16.8 Å². The fourth-order valence-corrected chi connectivity index (χ4v) is 2.21. The number of likely N-dealkylation sites (N-methyl/N-ethyl adjacent to an activating group) is 1. The molecule has 0 bridgehead atoms. The summed E-state index contributed by atoms with van der Waals surface area (Å²) in [6.45, 7) is 7.08. The van der Waals surface area contributed by atoms with Crippen LogP contribution in [0.4, 0.5) is 0 Å². The van der Waals surface area contributed by atoms with Gasteiger partial charge in [0.1, 0.15) is 6.54 Å². The van der Waals surface area contributed by atoms with Crippen LogP contribution in [0.3, 0.4) is 0 Å². The van der Waals surface area contributed by atoms with E-state index in [0.717, 1.165) is 25.2 Å². The molecular weight excluding hydrogens is 250 g/mol. The fourth-order valence-electron chi connectivity index (χ4n) is 2.21. The molecule has 0 saturated carbocycles. The average Bonchev–Trinajstić information content (AvgIpc) is 2.86. The van der Waals surface area contributed by atoms with E-state index in [2.05, 4.69) is 36.5 Å². The summed E-state index contributed by atoms with van der Waals surface area (Å²) in [4.78, 5) is 13.7. The van der Waals surface area contributed by atoms with Crippen molar-refractivity contribution in [2.75, 3.05) is 20.1 Å². The molecule has 4 nitrogen and oxygen atoms in total. The summed E-state index contributed by atoms with van der Waals surface area (Å²) in [6.07, 6.45) is 1.99. The van der Waals surface area contributed by atoms with Gasteiger partial charge in [-0.1, -0.05) is 13.0 Å². The summed E-state index contributed by atoms with van der Waals surface area (Å²) in [5.41, 5.74) is 2.39. The number of fused-ring (bicyclic) bond motifs is 1. The highest BCUT2D eigenvalue weighted by molar-refractivity contribution is 5.83. The monoisotopic (exact) mass is 273 g/mol. The number of aromatic nitrogens is 1. The first kappa shape index (κ1) is 14.6. The molecule has 0 fully saturated rings. The van der Waals surface area contributed by atoms with Gasteiger partial charge in [0.05, 0.1) is 0 Å². The van der Waals surface area contributed by atoms with Gasteiger partial charge < -0.3 is 14.8 Å². The summed E-state index contributed by atoms with van der Waals surface area (Å²) in [5.74, 6) is 0.140. The molecule has 1 aromatic carbocycles. The Kier molecular flexibility index (Phi) is 4.79. The van der Waals surface area contributed by atoms with Crippen LogP contribution in [-0.4, -0.2) is 35.5 Å². The molecular formula is C16H23N3O. The second kappa shape index (κ2) is 6.57. The smallest absolute Gasteiger partial charge is 0.242 e. The number of amides is 1. The van der Waals surface area contributed by atoms with Crippen molar-refractivity contribution in [2.24, 2.45) is 0 Å². The quantitative estimate of drug-likeness (QED) is 0.876. The molecule has 0 spiro atoms. The van der Waals surface area contributed by atoms with Crippen molar-refractivity contribution in [3.63, 3.8) is 0 Å². The summed E-state index contributed by atoms with van der Waals surface area (Å²) < 4.78 is 2.01. The van der Waals surface area contributed by atoms with Crippen molar-refractivity contribution in [1.29, 1.82) is 0 Å². The predicted octanol–water partition coefficient (Wildman–Crippen LogP) is 2.23. The molecule has 1 amide bonds. The van der Waals surface area contributed by atoms with Crippen LogP contribution in [0.1, 0.15) is 19.4 Å². The molecule has 1 heterocycles. The second-order valence-electron chi connectivity index (χ2n) is 5.03. The van der Waals surface area contributed by atoms with Crippen LogP contribution in [0.5, 0.6) is 0 Å². The Hall–Kier alpha value is -1.81. The van der Waals surface area contributed by atoms with Crippen LogP contribution in [-0.2, 0) is 17.9 Å². The number of nitrogens with one attached hydrogen (secondary N) is 1. The maximum atomic E-state index is 12.0. The van der Waals surface area contributed by atoms with Gasteiger partial charge in [-0.15, -0.1) is 0 Å². The highest BCUT2D eigenvalue weighted by Crippen LogP contribution is 2.18. The minimum Gasteiger partial charge on any atom is -0.344 e. The zero-order chi connectivity index (χ0) is 14.5. The van der Waals surface area contributed by atoms with Crippen molar-refractivity contribution in [3.05, 3.63) is 36.0 Å². The number of nitrogens with zero attached hydrogens (tertiary/aromatic N) is 2. The largest absolute Gasteiger partial charge is 0.344 e. The van der Waals surface area contributed by atoms with Gasteiger partial charge in [-0.2, -0.15) is 0 Å². The highest BCUT2D eigenvalue weighted by atomic mass is 16.2. The first-order valence-corrected chi connectivity index (χ1v) is 7.18. The maximum absolute atomic E-state index is 12.0. The van der Waals surface area contributed by atoms with Crippen molar-refractivity contribution in [2.45, 2.75) is 26.9 Å². The van der Waals surface area contributed by atoms with Gasteiger partial charge in [0.25, 0.3) is 0 Å². The Balaban J connectivity index is 2.18. The van der Waals surface area contributed by atoms with Crippen LogP contribution in [0, 0.1) is 0 Å². The molecule has 0 aliphatic heterocycles. The van der Waals surface area contributed by atoms with Crippen molar-refractivity contribution in [3.8, 4) is 0 Å². The van der Waals surface area contributed by atoms with E-state index in [1.165, 1.54) is 10.9 Å². The number of hydrogen-bond donors (Lipinski definition) is 1. The lowest BCUT2D eigenvalue weighted by Gasteiger charge is -2.15. The SMILES string of the molecule is CCNCc1ccc2c(ccn2CC(=O)N(C)CC)c1. The minimum atomic E-state index is 0.140. The lowest BCUT2D eigenvalue weighted by Crippen LogP contribution is -2.29. The highest BCUT2D eigenvalue weighted by Gasteiger charge is 2.09. The molecule has 2 rings (SSSR count). The molecule has 0 aliphatic carbocycles. The lowest BCUT2D eigenvalue weighted by molar-refractivity contribution is -0.130. The van der Waals surface area contributed by atoms with E-state index in [1.54, 1.807) is 4.90 Å². The summed E-state index contributed by atoms with van der Waals surface area (Å²) in [6, 6.07) is 8.48. The Morgan fingerprint density at radius 2 is 2.10 bits per heavy atom. The third-order valence-corrected chi connectivity index (χ3v) is 3.62. The Labute approximate surface area is 120 Å². The molecule has 0 radical (unpaired) electrons. The first-order valence-electron chi connectivity index (χ1n) is 7.18. The average molecular weight is 273 g/mol. The third-order valence-electron chi connectivity index (χ3n) is 3.62.